The zero-order valence-electron chi connectivity index (χ0n) is 18.6. The summed E-state index contributed by atoms with van der Waals surface area (Å²) in [5, 5.41) is 23.9. The van der Waals surface area contributed by atoms with Crippen LogP contribution in [0.5, 0.6) is 0 Å². The minimum atomic E-state index is -1.67. The van der Waals surface area contributed by atoms with Crippen LogP contribution in [0.3, 0.4) is 0 Å². The van der Waals surface area contributed by atoms with Crippen molar-refractivity contribution in [1.29, 1.82) is 0 Å². The number of hydrogen-bond acceptors (Lipinski definition) is 7. The molecule has 3 aromatic carbocycles. The molecule has 0 unspecified atom stereocenters. The fraction of sp³-hybridized carbons (Fsp3) is 0.296. The molecule has 0 radical (unpaired) electrons. The summed E-state index contributed by atoms with van der Waals surface area (Å²) in [7, 11) is 0. The maximum Gasteiger partial charge on any atom is 0.338 e. The van der Waals surface area contributed by atoms with Crippen molar-refractivity contribution in [1.82, 2.24) is 0 Å². The molecule has 34 heavy (non-hydrogen) atoms. The molecule has 1 fully saturated rings. The lowest BCUT2D eigenvalue weighted by molar-refractivity contribution is -0.535. The van der Waals surface area contributed by atoms with Crippen LogP contribution >= 0.6 is 0 Å². The van der Waals surface area contributed by atoms with Crippen LogP contribution in [0.1, 0.15) is 21.5 Å². The largest absolute Gasteiger partial charge is 0.829 e. The van der Waals surface area contributed by atoms with Gasteiger partial charge < -0.3 is 29.2 Å². The van der Waals surface area contributed by atoms with Gasteiger partial charge in [0.2, 0.25) is 0 Å². The molecule has 1 N–H and O–H groups in total. The number of carbonyl (C=O) groups is 1. The lowest BCUT2D eigenvalue weighted by atomic mass is 9.98. The molecule has 4 rings (SSSR count). The van der Waals surface area contributed by atoms with E-state index >= 15 is 0 Å². The number of ether oxygens (including phenoxy) is 4. The summed E-state index contributed by atoms with van der Waals surface area (Å²) in [4.78, 5) is 12.7. The first-order valence-corrected chi connectivity index (χ1v) is 11.1. The molecule has 1 aliphatic rings. The first-order valence-electron chi connectivity index (χ1n) is 11.1. The SMILES string of the molecule is O=C(O[C@H]1[C@H](O)[C@@H](COCc2ccccc2)O[C@H]([O-])[C@@H]1OCc1ccccc1)c1ccccc1. The van der Waals surface area contributed by atoms with E-state index in [4.69, 9.17) is 18.9 Å². The highest BCUT2D eigenvalue weighted by Gasteiger charge is 2.44. The monoisotopic (exact) mass is 463 g/mol. The van der Waals surface area contributed by atoms with Gasteiger partial charge in [-0.25, -0.2) is 4.79 Å². The molecular formula is C27H27O7-. The Kier molecular flexibility index (Phi) is 8.41. The van der Waals surface area contributed by atoms with Crippen molar-refractivity contribution in [3.63, 3.8) is 0 Å². The van der Waals surface area contributed by atoms with Gasteiger partial charge in [-0.15, -0.1) is 0 Å². The third-order valence-electron chi connectivity index (χ3n) is 5.55. The molecule has 1 saturated heterocycles. The average molecular weight is 464 g/mol. The van der Waals surface area contributed by atoms with Gasteiger partial charge in [-0.05, 0) is 23.3 Å². The third kappa shape index (κ3) is 6.28. The topological polar surface area (TPSA) is 97.3 Å². The fourth-order valence-electron chi connectivity index (χ4n) is 3.74. The van der Waals surface area contributed by atoms with E-state index in [1.165, 1.54) is 0 Å². The molecule has 0 bridgehead atoms. The van der Waals surface area contributed by atoms with E-state index in [9.17, 15) is 15.0 Å². The van der Waals surface area contributed by atoms with Crippen molar-refractivity contribution >= 4 is 5.97 Å². The Balaban J connectivity index is 1.45. The van der Waals surface area contributed by atoms with Crippen LogP contribution in [0.4, 0.5) is 0 Å². The maximum atomic E-state index is 12.9. The average Bonchev–Trinajstić information content (AvgIpc) is 2.88. The zero-order valence-corrected chi connectivity index (χ0v) is 18.6. The third-order valence-corrected chi connectivity index (χ3v) is 5.55. The van der Waals surface area contributed by atoms with E-state index in [2.05, 4.69) is 0 Å². The van der Waals surface area contributed by atoms with E-state index in [1.807, 2.05) is 60.7 Å². The van der Waals surface area contributed by atoms with Gasteiger partial charge in [0.15, 0.2) is 6.10 Å². The van der Waals surface area contributed by atoms with Crippen LogP contribution < -0.4 is 5.11 Å². The highest BCUT2D eigenvalue weighted by atomic mass is 16.7. The Bertz CT molecular complexity index is 1010. The summed E-state index contributed by atoms with van der Waals surface area (Å²) >= 11 is 0. The van der Waals surface area contributed by atoms with Crippen LogP contribution in [-0.2, 0) is 32.2 Å². The smallest absolute Gasteiger partial charge is 0.338 e. The van der Waals surface area contributed by atoms with Crippen LogP contribution in [0.2, 0.25) is 0 Å². The van der Waals surface area contributed by atoms with Crippen molar-refractivity contribution in [2.24, 2.45) is 0 Å². The predicted molar refractivity (Wildman–Crippen MR) is 121 cm³/mol. The van der Waals surface area contributed by atoms with Crippen molar-refractivity contribution < 1.29 is 34.0 Å². The molecule has 7 heteroatoms. The van der Waals surface area contributed by atoms with Crippen LogP contribution in [0.25, 0.3) is 0 Å². The molecule has 0 amide bonds. The highest BCUT2D eigenvalue weighted by molar-refractivity contribution is 5.89. The number of esters is 1. The van der Waals surface area contributed by atoms with Crippen LogP contribution in [0, 0.1) is 0 Å². The number of carbonyl (C=O) groups excluding carboxylic acids is 1. The number of rotatable bonds is 9. The Hall–Kier alpha value is -3.07. The molecule has 0 aromatic heterocycles. The first kappa shape index (κ1) is 24.1. The van der Waals surface area contributed by atoms with Gasteiger partial charge in [-0.1, -0.05) is 78.9 Å². The summed E-state index contributed by atoms with van der Waals surface area (Å²) in [6, 6.07) is 27.2. The van der Waals surface area contributed by atoms with E-state index in [1.54, 1.807) is 30.3 Å². The summed E-state index contributed by atoms with van der Waals surface area (Å²) in [6.45, 7) is 0.355. The van der Waals surface area contributed by atoms with Gasteiger partial charge in [0.25, 0.3) is 0 Å². The fourth-order valence-corrected chi connectivity index (χ4v) is 3.74. The first-order chi connectivity index (χ1) is 16.6. The number of benzene rings is 3. The minimum absolute atomic E-state index is 0.0421. The summed E-state index contributed by atoms with van der Waals surface area (Å²) < 4.78 is 22.6. The van der Waals surface area contributed by atoms with Crippen LogP contribution in [-0.4, -0.2) is 48.4 Å². The molecular weight excluding hydrogens is 436 g/mol. The Morgan fingerprint density at radius 3 is 2.00 bits per heavy atom. The molecule has 7 nitrogen and oxygen atoms in total. The van der Waals surface area contributed by atoms with E-state index in [0.29, 0.717) is 12.2 Å². The van der Waals surface area contributed by atoms with E-state index < -0.39 is 36.7 Å². The van der Waals surface area contributed by atoms with Gasteiger partial charge in [0, 0.05) is 6.29 Å². The Morgan fingerprint density at radius 2 is 1.38 bits per heavy atom. The number of aliphatic hydroxyl groups is 1. The predicted octanol–water partition coefficient (Wildman–Crippen LogP) is 2.46. The van der Waals surface area contributed by atoms with Crippen molar-refractivity contribution in [3.8, 4) is 0 Å². The second-order valence-electron chi connectivity index (χ2n) is 8.03. The van der Waals surface area contributed by atoms with Crippen molar-refractivity contribution in [2.75, 3.05) is 6.61 Å². The molecule has 0 aliphatic carbocycles. The van der Waals surface area contributed by atoms with Crippen LogP contribution in [0.15, 0.2) is 91.0 Å². The lowest BCUT2D eigenvalue weighted by Gasteiger charge is -2.47. The lowest BCUT2D eigenvalue weighted by Crippen LogP contribution is -2.64. The van der Waals surface area contributed by atoms with Gasteiger partial charge >= 0.3 is 5.97 Å². The molecule has 178 valence electrons. The van der Waals surface area contributed by atoms with Gasteiger partial charge in [-0.3, -0.25) is 0 Å². The van der Waals surface area contributed by atoms with Gasteiger partial charge in [-0.2, -0.15) is 0 Å². The summed E-state index contributed by atoms with van der Waals surface area (Å²) in [5.74, 6) is -0.656. The quantitative estimate of drug-likeness (QED) is 0.487. The molecule has 0 spiro atoms. The summed E-state index contributed by atoms with van der Waals surface area (Å²) in [5.41, 5.74) is 2.09. The van der Waals surface area contributed by atoms with Crippen molar-refractivity contribution in [3.05, 3.63) is 108 Å². The second-order valence-corrected chi connectivity index (χ2v) is 8.03. The molecule has 3 aromatic rings. The number of hydrogen-bond donors (Lipinski definition) is 1. The summed E-state index contributed by atoms with van der Waals surface area (Å²) in [6.07, 6.45) is -6.39. The Morgan fingerprint density at radius 1 is 0.824 bits per heavy atom. The molecule has 0 saturated carbocycles. The second kappa shape index (κ2) is 11.9. The molecule has 1 aliphatic heterocycles. The molecule has 5 atom stereocenters. The zero-order chi connectivity index (χ0) is 23.8. The standard InChI is InChI=1S/C27H27O7/c28-23-22(18-31-16-19-10-4-1-5-11-19)33-27(30)25(32-17-20-12-6-2-7-13-20)24(23)34-26(29)21-14-8-3-9-15-21/h1-15,22-25,27-28H,16-18H2/q-1/t22-,23-,24+,25-,27+/m1/s1. The van der Waals surface area contributed by atoms with Gasteiger partial charge in [0.1, 0.15) is 18.3 Å². The van der Waals surface area contributed by atoms with Crippen molar-refractivity contribution in [2.45, 2.75) is 43.9 Å². The normalized spacial score (nSPS) is 24.5. The highest BCUT2D eigenvalue weighted by Crippen LogP contribution is 2.26. The minimum Gasteiger partial charge on any atom is -0.829 e. The Labute approximate surface area is 198 Å². The van der Waals surface area contributed by atoms with E-state index in [0.717, 1.165) is 11.1 Å². The molecule has 1 heterocycles. The number of aliphatic hydroxyl groups excluding tert-OH is 1. The maximum absolute atomic E-state index is 12.9. The van der Waals surface area contributed by atoms with Gasteiger partial charge in [0.05, 0.1) is 25.4 Å². The van der Waals surface area contributed by atoms with E-state index in [-0.39, 0.29) is 13.2 Å².